The Morgan fingerprint density at radius 2 is 1.71 bits per heavy atom. The molecule has 0 atom stereocenters. The Morgan fingerprint density at radius 1 is 1.00 bits per heavy atom. The van der Waals surface area contributed by atoms with Crippen molar-refractivity contribution >= 4 is 0 Å². The molecule has 0 N–H and O–H groups in total. The first-order valence-corrected chi connectivity index (χ1v) is 6.79. The molecular weight excluding hydrogens is 204 g/mol. The number of allylic oxidation sites excluding steroid dienone is 7. The Hall–Kier alpha value is -1.04. The van der Waals surface area contributed by atoms with Crippen LogP contribution in [0.5, 0.6) is 0 Å². The molecular formula is C17H30. The fraction of sp³-hybridized carbons (Fsp3) is 0.529. The van der Waals surface area contributed by atoms with E-state index in [0.717, 1.165) is 6.42 Å². The Bertz CT molecular complexity index is 216. The highest BCUT2D eigenvalue weighted by molar-refractivity contribution is 5.02. The first-order chi connectivity index (χ1) is 8.18. The fourth-order valence-electron chi connectivity index (χ4n) is 1.02. The van der Waals surface area contributed by atoms with Crippen molar-refractivity contribution in [2.45, 2.75) is 53.4 Å². The van der Waals surface area contributed by atoms with E-state index in [0.29, 0.717) is 5.92 Å². The van der Waals surface area contributed by atoms with Crippen LogP contribution in [0.3, 0.4) is 0 Å². The molecule has 0 saturated carbocycles. The maximum atomic E-state index is 3.57. The van der Waals surface area contributed by atoms with Crippen molar-refractivity contribution < 1.29 is 0 Å². The molecule has 17 heavy (non-hydrogen) atoms. The van der Waals surface area contributed by atoms with Crippen LogP contribution in [-0.2, 0) is 0 Å². The molecule has 0 aromatic heterocycles. The number of rotatable bonds is 7. The van der Waals surface area contributed by atoms with E-state index < -0.39 is 0 Å². The van der Waals surface area contributed by atoms with Gasteiger partial charge in [0.05, 0.1) is 0 Å². The third-order valence-electron chi connectivity index (χ3n) is 1.98. The summed E-state index contributed by atoms with van der Waals surface area (Å²) in [5.41, 5.74) is 0. The van der Waals surface area contributed by atoms with Gasteiger partial charge in [-0.05, 0) is 18.8 Å². The van der Waals surface area contributed by atoms with E-state index in [1.54, 1.807) is 0 Å². The van der Waals surface area contributed by atoms with Crippen molar-refractivity contribution in [1.82, 2.24) is 0 Å². The maximum Gasteiger partial charge on any atom is -0.0287 e. The van der Waals surface area contributed by atoms with Gasteiger partial charge in [-0.15, -0.1) is 0 Å². The Kier molecular flexibility index (Phi) is 18.7. The monoisotopic (exact) mass is 234 g/mol. The van der Waals surface area contributed by atoms with Crippen LogP contribution in [0.15, 0.2) is 49.1 Å². The van der Waals surface area contributed by atoms with Gasteiger partial charge in [-0.3, -0.25) is 0 Å². The summed E-state index contributed by atoms with van der Waals surface area (Å²) in [6.45, 7) is 12.3. The molecule has 0 aromatic carbocycles. The van der Waals surface area contributed by atoms with E-state index in [2.05, 4.69) is 64.7 Å². The summed E-state index contributed by atoms with van der Waals surface area (Å²) < 4.78 is 0. The molecule has 0 spiro atoms. The predicted molar refractivity (Wildman–Crippen MR) is 82.3 cm³/mol. The highest BCUT2D eigenvalue weighted by Crippen LogP contribution is 1.94. The lowest BCUT2D eigenvalue weighted by molar-refractivity contribution is 0.815. The molecule has 0 bridgehead atoms. The summed E-state index contributed by atoms with van der Waals surface area (Å²) >= 11 is 0. The molecule has 0 amide bonds. The third-order valence-corrected chi connectivity index (χ3v) is 1.98. The molecule has 0 aromatic rings. The Morgan fingerprint density at radius 3 is 2.18 bits per heavy atom. The van der Waals surface area contributed by atoms with Gasteiger partial charge in [-0.2, -0.15) is 0 Å². The zero-order valence-corrected chi connectivity index (χ0v) is 12.2. The van der Waals surface area contributed by atoms with E-state index in [4.69, 9.17) is 0 Å². The highest BCUT2D eigenvalue weighted by atomic mass is 13.8. The minimum atomic E-state index is 0.673. The van der Waals surface area contributed by atoms with Crippen molar-refractivity contribution in [2.24, 2.45) is 5.92 Å². The minimum absolute atomic E-state index is 0.673. The molecule has 0 aliphatic carbocycles. The summed E-state index contributed by atoms with van der Waals surface area (Å²) in [5, 5.41) is 0. The van der Waals surface area contributed by atoms with Gasteiger partial charge in [-0.25, -0.2) is 0 Å². The van der Waals surface area contributed by atoms with E-state index in [9.17, 15) is 0 Å². The molecule has 0 fully saturated rings. The summed E-state index contributed by atoms with van der Waals surface area (Å²) in [4.78, 5) is 0. The van der Waals surface area contributed by atoms with E-state index in [1.807, 2.05) is 12.2 Å². The minimum Gasteiger partial charge on any atom is -0.0991 e. The standard InChI is InChI=1S/C9H16.C8H14/c1-4-5-6-7-8-9(2)3;1-3-5-7-8-6-4-2/h5-9H,4H2,1-3H3;3,5,7H,1,4,6,8H2,2H3/b6-5-,8-7-;7-5-. The lowest BCUT2D eigenvalue weighted by Crippen LogP contribution is -1.74. The molecule has 0 nitrogen and oxygen atoms in total. The van der Waals surface area contributed by atoms with Crippen LogP contribution >= 0.6 is 0 Å². The van der Waals surface area contributed by atoms with Crippen LogP contribution in [0.2, 0.25) is 0 Å². The van der Waals surface area contributed by atoms with E-state index >= 15 is 0 Å². The van der Waals surface area contributed by atoms with Crippen molar-refractivity contribution in [3.8, 4) is 0 Å². The van der Waals surface area contributed by atoms with Crippen LogP contribution in [-0.4, -0.2) is 0 Å². The summed E-state index contributed by atoms with van der Waals surface area (Å²) in [5.74, 6) is 0.673. The van der Waals surface area contributed by atoms with E-state index in [-0.39, 0.29) is 0 Å². The van der Waals surface area contributed by atoms with Gasteiger partial charge in [0.1, 0.15) is 0 Å². The van der Waals surface area contributed by atoms with Crippen molar-refractivity contribution in [3.05, 3.63) is 49.1 Å². The largest absolute Gasteiger partial charge is 0.0991 e. The molecule has 0 rings (SSSR count). The van der Waals surface area contributed by atoms with Gasteiger partial charge in [-0.1, -0.05) is 89.6 Å². The number of hydrogen-bond acceptors (Lipinski definition) is 0. The smallest absolute Gasteiger partial charge is 0.0287 e. The molecule has 98 valence electrons. The second kappa shape index (κ2) is 17.4. The lowest BCUT2D eigenvalue weighted by Gasteiger charge is -1.88. The topological polar surface area (TPSA) is 0 Å². The molecule has 0 heterocycles. The zero-order valence-electron chi connectivity index (χ0n) is 12.2. The second-order valence-electron chi connectivity index (χ2n) is 4.27. The molecule has 0 aliphatic heterocycles. The predicted octanol–water partition coefficient (Wildman–Crippen LogP) is 6.08. The van der Waals surface area contributed by atoms with Crippen molar-refractivity contribution in [1.29, 1.82) is 0 Å². The SMILES string of the molecule is C=C/C=C\CCCC.CC/C=C\C=C/C(C)C. The first kappa shape index (κ1) is 18.3. The van der Waals surface area contributed by atoms with Gasteiger partial charge >= 0.3 is 0 Å². The van der Waals surface area contributed by atoms with Crippen LogP contribution in [0, 0.1) is 5.92 Å². The Balaban J connectivity index is 0. The van der Waals surface area contributed by atoms with Crippen molar-refractivity contribution in [2.75, 3.05) is 0 Å². The molecule has 0 radical (unpaired) electrons. The van der Waals surface area contributed by atoms with E-state index in [1.165, 1.54) is 19.3 Å². The first-order valence-electron chi connectivity index (χ1n) is 6.79. The average Bonchev–Trinajstić information content (AvgIpc) is 2.31. The second-order valence-corrected chi connectivity index (χ2v) is 4.27. The van der Waals surface area contributed by atoms with Crippen molar-refractivity contribution in [3.63, 3.8) is 0 Å². The van der Waals surface area contributed by atoms with Gasteiger partial charge in [0, 0.05) is 0 Å². The van der Waals surface area contributed by atoms with Gasteiger partial charge in [0.2, 0.25) is 0 Å². The Labute approximate surface area is 109 Å². The normalized spacial score (nSPS) is 11.4. The summed E-state index contributed by atoms with van der Waals surface area (Å²) in [6, 6.07) is 0. The maximum absolute atomic E-state index is 3.57. The average molecular weight is 234 g/mol. The van der Waals surface area contributed by atoms with Crippen LogP contribution in [0.25, 0.3) is 0 Å². The lowest BCUT2D eigenvalue weighted by atomic mass is 10.2. The summed E-state index contributed by atoms with van der Waals surface area (Å²) in [6.07, 6.45) is 19.4. The molecule has 0 saturated heterocycles. The number of unbranched alkanes of at least 4 members (excludes halogenated alkanes) is 2. The van der Waals surface area contributed by atoms with Crippen LogP contribution in [0.4, 0.5) is 0 Å². The van der Waals surface area contributed by atoms with Crippen LogP contribution < -0.4 is 0 Å². The molecule has 0 unspecified atom stereocenters. The summed E-state index contributed by atoms with van der Waals surface area (Å²) in [7, 11) is 0. The van der Waals surface area contributed by atoms with Gasteiger partial charge < -0.3 is 0 Å². The van der Waals surface area contributed by atoms with Crippen LogP contribution in [0.1, 0.15) is 53.4 Å². The zero-order chi connectivity index (χ0) is 13.4. The van der Waals surface area contributed by atoms with Gasteiger partial charge in [0.25, 0.3) is 0 Å². The quantitative estimate of drug-likeness (QED) is 0.370. The highest BCUT2D eigenvalue weighted by Gasteiger charge is 1.78. The fourth-order valence-corrected chi connectivity index (χ4v) is 1.02. The van der Waals surface area contributed by atoms with Gasteiger partial charge in [0.15, 0.2) is 0 Å². The number of hydrogen-bond donors (Lipinski definition) is 0. The third kappa shape index (κ3) is 25.3. The molecule has 0 aliphatic rings. The molecule has 0 heteroatoms.